The maximum atomic E-state index is 13.9. The summed E-state index contributed by atoms with van der Waals surface area (Å²) in [7, 11) is 0. The first kappa shape index (κ1) is 19.9. The van der Waals surface area contributed by atoms with E-state index in [2.05, 4.69) is 20.2 Å². The lowest BCUT2D eigenvalue weighted by Crippen LogP contribution is -2.38. The molecular weight excluding hydrogens is 408 g/mol. The molecule has 0 aliphatic carbocycles. The van der Waals surface area contributed by atoms with Crippen LogP contribution in [0.5, 0.6) is 0 Å². The van der Waals surface area contributed by atoms with Gasteiger partial charge in [0.05, 0.1) is 11.3 Å². The van der Waals surface area contributed by atoms with E-state index in [1.165, 1.54) is 17.5 Å². The van der Waals surface area contributed by atoms with Crippen LogP contribution >= 0.6 is 11.3 Å². The highest BCUT2D eigenvalue weighted by molar-refractivity contribution is 7.14. The number of anilines is 2. The van der Waals surface area contributed by atoms with Gasteiger partial charge in [-0.2, -0.15) is 5.26 Å². The van der Waals surface area contributed by atoms with E-state index in [-0.39, 0.29) is 23.1 Å². The number of benzene rings is 1. The van der Waals surface area contributed by atoms with E-state index in [1.807, 2.05) is 12.1 Å². The molecule has 1 aromatic carbocycles. The van der Waals surface area contributed by atoms with Gasteiger partial charge in [0, 0.05) is 36.1 Å². The number of hydrogen-bond donors (Lipinski definition) is 1. The molecule has 152 valence electrons. The Morgan fingerprint density at radius 2 is 2.03 bits per heavy atom. The topological polar surface area (TPSA) is 81.9 Å². The van der Waals surface area contributed by atoms with E-state index in [1.54, 1.807) is 11.4 Å². The lowest BCUT2D eigenvalue weighted by Gasteiger charge is -2.31. The standard InChI is InChI=1S/C21H17F2N5OS/c22-15-2-3-17(23)16(9-15)18-12-30-21(26-18)27-20(29)14-5-7-28(8-6-14)19-4-1-13(10-24)11-25-19/h1-4,9,11-12,14H,5-8H2,(H,26,27,29). The molecular formula is C21H17F2N5OS. The molecule has 1 N–H and O–H groups in total. The van der Waals surface area contributed by atoms with Crippen molar-refractivity contribution in [2.75, 3.05) is 23.3 Å². The van der Waals surface area contributed by atoms with E-state index >= 15 is 0 Å². The van der Waals surface area contributed by atoms with Gasteiger partial charge in [0.25, 0.3) is 0 Å². The summed E-state index contributed by atoms with van der Waals surface area (Å²) in [6, 6.07) is 8.76. The molecule has 1 fully saturated rings. The van der Waals surface area contributed by atoms with Crippen LogP contribution in [-0.2, 0) is 4.79 Å². The van der Waals surface area contributed by atoms with Gasteiger partial charge in [0.2, 0.25) is 5.91 Å². The predicted molar refractivity (Wildman–Crippen MR) is 110 cm³/mol. The van der Waals surface area contributed by atoms with Gasteiger partial charge in [-0.1, -0.05) is 0 Å². The number of piperidine rings is 1. The summed E-state index contributed by atoms with van der Waals surface area (Å²) in [4.78, 5) is 23.2. The number of nitrogens with zero attached hydrogens (tertiary/aromatic N) is 4. The van der Waals surface area contributed by atoms with Gasteiger partial charge >= 0.3 is 0 Å². The van der Waals surface area contributed by atoms with E-state index in [4.69, 9.17) is 5.26 Å². The van der Waals surface area contributed by atoms with Gasteiger partial charge in [0.1, 0.15) is 23.5 Å². The minimum absolute atomic E-state index is 0.0648. The molecule has 1 aliphatic rings. The quantitative estimate of drug-likeness (QED) is 0.677. The van der Waals surface area contributed by atoms with Crippen LogP contribution < -0.4 is 10.2 Å². The second-order valence-electron chi connectivity index (χ2n) is 6.93. The molecule has 1 amide bonds. The first-order valence-corrected chi connectivity index (χ1v) is 10.2. The average molecular weight is 425 g/mol. The van der Waals surface area contributed by atoms with Gasteiger partial charge in [-0.25, -0.2) is 18.7 Å². The molecule has 0 radical (unpaired) electrons. The number of amides is 1. The van der Waals surface area contributed by atoms with Crippen LogP contribution in [0.25, 0.3) is 11.3 Å². The molecule has 0 atom stereocenters. The van der Waals surface area contributed by atoms with Crippen molar-refractivity contribution in [1.29, 1.82) is 5.26 Å². The van der Waals surface area contributed by atoms with Crippen molar-refractivity contribution in [1.82, 2.24) is 9.97 Å². The fourth-order valence-electron chi connectivity index (χ4n) is 3.37. The minimum atomic E-state index is -0.566. The summed E-state index contributed by atoms with van der Waals surface area (Å²) in [5, 5.41) is 13.6. The largest absolute Gasteiger partial charge is 0.357 e. The molecule has 2 aromatic heterocycles. The number of hydrogen-bond acceptors (Lipinski definition) is 6. The highest BCUT2D eigenvalue weighted by Gasteiger charge is 2.26. The third-order valence-electron chi connectivity index (χ3n) is 5.01. The summed E-state index contributed by atoms with van der Waals surface area (Å²) >= 11 is 1.17. The highest BCUT2D eigenvalue weighted by atomic mass is 32.1. The Labute approximate surface area is 175 Å². The van der Waals surface area contributed by atoms with Crippen molar-refractivity contribution in [2.45, 2.75) is 12.8 Å². The van der Waals surface area contributed by atoms with Crippen LogP contribution in [0.15, 0.2) is 41.9 Å². The van der Waals surface area contributed by atoms with E-state index in [0.29, 0.717) is 36.6 Å². The summed E-state index contributed by atoms with van der Waals surface area (Å²) in [5.74, 6) is -0.632. The van der Waals surface area contributed by atoms with Crippen LogP contribution in [0.4, 0.5) is 19.7 Å². The van der Waals surface area contributed by atoms with Gasteiger partial charge < -0.3 is 10.2 Å². The van der Waals surface area contributed by atoms with E-state index < -0.39 is 11.6 Å². The van der Waals surface area contributed by atoms with Gasteiger partial charge in [0.15, 0.2) is 5.13 Å². The van der Waals surface area contributed by atoms with E-state index in [0.717, 1.165) is 24.0 Å². The average Bonchev–Trinajstić information content (AvgIpc) is 3.24. The lowest BCUT2D eigenvalue weighted by atomic mass is 9.96. The first-order valence-electron chi connectivity index (χ1n) is 9.36. The van der Waals surface area contributed by atoms with Gasteiger partial charge in [-0.15, -0.1) is 11.3 Å². The number of carbonyl (C=O) groups excluding carboxylic acids is 1. The summed E-state index contributed by atoms with van der Waals surface area (Å²) < 4.78 is 27.3. The summed E-state index contributed by atoms with van der Waals surface area (Å²) in [6.45, 7) is 1.35. The van der Waals surface area contributed by atoms with Gasteiger partial charge in [-0.05, 0) is 43.2 Å². The number of nitriles is 1. The number of thiazole rings is 1. The first-order chi connectivity index (χ1) is 14.5. The van der Waals surface area contributed by atoms with Crippen LogP contribution in [0.2, 0.25) is 0 Å². The molecule has 0 unspecified atom stereocenters. The number of aromatic nitrogens is 2. The fourth-order valence-corrected chi connectivity index (χ4v) is 4.08. The smallest absolute Gasteiger partial charge is 0.229 e. The Bertz CT molecular complexity index is 1100. The molecule has 1 aliphatic heterocycles. The van der Waals surface area contributed by atoms with Crippen molar-refractivity contribution in [3.8, 4) is 17.3 Å². The second-order valence-corrected chi connectivity index (χ2v) is 7.79. The zero-order chi connectivity index (χ0) is 21.1. The third-order valence-corrected chi connectivity index (χ3v) is 5.76. The van der Waals surface area contributed by atoms with Crippen LogP contribution in [-0.4, -0.2) is 29.0 Å². The van der Waals surface area contributed by atoms with Crippen molar-refractivity contribution in [2.24, 2.45) is 5.92 Å². The molecule has 1 saturated heterocycles. The second kappa shape index (κ2) is 8.55. The maximum Gasteiger partial charge on any atom is 0.229 e. The summed E-state index contributed by atoms with van der Waals surface area (Å²) in [5.41, 5.74) is 0.859. The number of halogens is 2. The Kier molecular flexibility index (Phi) is 5.68. The van der Waals surface area contributed by atoms with E-state index in [9.17, 15) is 13.6 Å². The number of rotatable bonds is 4. The van der Waals surface area contributed by atoms with Crippen molar-refractivity contribution >= 4 is 28.2 Å². The normalized spacial score (nSPS) is 14.4. The zero-order valence-electron chi connectivity index (χ0n) is 15.8. The number of nitrogens with one attached hydrogen (secondary N) is 1. The Balaban J connectivity index is 1.36. The highest BCUT2D eigenvalue weighted by Crippen LogP contribution is 2.29. The number of pyridine rings is 1. The van der Waals surface area contributed by atoms with Gasteiger partial charge in [-0.3, -0.25) is 4.79 Å². The number of carbonyl (C=O) groups is 1. The van der Waals surface area contributed by atoms with Crippen molar-refractivity contribution < 1.29 is 13.6 Å². The van der Waals surface area contributed by atoms with Crippen LogP contribution in [0.1, 0.15) is 18.4 Å². The monoisotopic (exact) mass is 425 g/mol. The Morgan fingerprint density at radius 3 is 2.73 bits per heavy atom. The molecule has 3 aromatic rings. The molecule has 3 heterocycles. The van der Waals surface area contributed by atoms with Crippen molar-refractivity contribution in [3.05, 3.63) is 59.1 Å². The Hall–Kier alpha value is -3.38. The predicted octanol–water partition coefficient (Wildman–Crippen LogP) is 4.21. The van der Waals surface area contributed by atoms with Crippen LogP contribution in [0, 0.1) is 28.9 Å². The lowest BCUT2D eigenvalue weighted by molar-refractivity contribution is -0.120. The molecule has 0 bridgehead atoms. The molecule has 0 saturated carbocycles. The molecule has 6 nitrogen and oxygen atoms in total. The molecule has 4 rings (SSSR count). The maximum absolute atomic E-state index is 13.9. The third kappa shape index (κ3) is 4.28. The van der Waals surface area contributed by atoms with Crippen molar-refractivity contribution in [3.63, 3.8) is 0 Å². The molecule has 0 spiro atoms. The minimum Gasteiger partial charge on any atom is -0.357 e. The Morgan fingerprint density at radius 1 is 1.23 bits per heavy atom. The summed E-state index contributed by atoms with van der Waals surface area (Å²) in [6.07, 6.45) is 2.85. The van der Waals surface area contributed by atoms with Crippen LogP contribution in [0.3, 0.4) is 0 Å². The SMILES string of the molecule is N#Cc1ccc(N2CCC(C(=O)Nc3nc(-c4cc(F)ccc4F)cs3)CC2)nc1. The molecule has 30 heavy (non-hydrogen) atoms. The molecule has 9 heteroatoms. The fraction of sp³-hybridized carbons (Fsp3) is 0.238. The zero-order valence-corrected chi connectivity index (χ0v) is 16.6.